The normalized spacial score (nSPS) is 11.0. The fourth-order valence-electron chi connectivity index (χ4n) is 4.15. The number of aliphatic hydroxyl groups is 1. The Hall–Kier alpha value is -1.10. The number of ether oxygens (including phenoxy) is 1. The van der Waals surface area contributed by atoms with Crippen LogP contribution in [0.3, 0.4) is 0 Å². The van der Waals surface area contributed by atoms with Crippen LogP contribution in [-0.4, -0.2) is 48.2 Å². The monoisotopic (exact) mass is 469 g/mol. The molecule has 0 aromatic heterocycles. The molecule has 0 aliphatic carbocycles. The molecule has 0 rings (SSSR count). The van der Waals surface area contributed by atoms with Crippen molar-refractivity contribution in [1.29, 1.82) is 0 Å². The van der Waals surface area contributed by atoms with E-state index in [2.05, 4.69) is 13.8 Å². The van der Waals surface area contributed by atoms with Gasteiger partial charge in [-0.05, 0) is 12.8 Å². The van der Waals surface area contributed by atoms with Crippen LogP contribution in [0, 0.1) is 0 Å². The number of carbonyl (C=O) groups excluding carboxylic acids is 2. The molecule has 0 spiro atoms. The molecule has 0 unspecified atom stereocenters. The zero-order valence-corrected chi connectivity index (χ0v) is 22.1. The number of rotatable bonds is 25. The van der Waals surface area contributed by atoms with E-state index >= 15 is 0 Å². The van der Waals surface area contributed by atoms with Crippen molar-refractivity contribution < 1.29 is 19.4 Å². The number of esters is 1. The minimum absolute atomic E-state index is 0.0574. The molecule has 0 atom stereocenters. The van der Waals surface area contributed by atoms with E-state index in [0.29, 0.717) is 25.9 Å². The zero-order chi connectivity index (χ0) is 24.4. The summed E-state index contributed by atoms with van der Waals surface area (Å²) in [6, 6.07) is 0. The van der Waals surface area contributed by atoms with E-state index in [1.54, 1.807) is 4.90 Å². The molecule has 0 fully saturated rings. The highest BCUT2D eigenvalue weighted by molar-refractivity contribution is 5.76. The van der Waals surface area contributed by atoms with Crippen molar-refractivity contribution in [3.63, 3.8) is 0 Å². The first-order valence-electron chi connectivity index (χ1n) is 14.2. The Labute approximate surface area is 205 Å². The minimum atomic E-state index is -0.173. The Morgan fingerprint density at radius 3 is 1.48 bits per heavy atom. The lowest BCUT2D eigenvalue weighted by Crippen LogP contribution is -2.36. The maximum atomic E-state index is 12.4. The number of carbonyl (C=O) groups is 2. The number of hydrogen-bond acceptors (Lipinski definition) is 4. The fourth-order valence-corrected chi connectivity index (χ4v) is 4.15. The number of unbranched alkanes of at least 4 members (excludes halogenated alkanes) is 16. The summed E-state index contributed by atoms with van der Waals surface area (Å²) in [6.07, 6.45) is 23.0. The molecule has 0 saturated heterocycles. The molecule has 1 N–H and O–H groups in total. The van der Waals surface area contributed by atoms with Gasteiger partial charge in [0.2, 0.25) is 5.91 Å². The lowest BCUT2D eigenvalue weighted by Gasteiger charge is -2.21. The first kappa shape index (κ1) is 31.9. The SMILES string of the molecule is CCCCCCCCCCCC(=O)OCCN(CCO)C(=O)CCCCCCCCCCC. The van der Waals surface area contributed by atoms with Crippen molar-refractivity contribution in [3.8, 4) is 0 Å². The van der Waals surface area contributed by atoms with Crippen LogP contribution in [0.1, 0.15) is 142 Å². The van der Waals surface area contributed by atoms with Gasteiger partial charge < -0.3 is 14.7 Å². The highest BCUT2D eigenvalue weighted by Gasteiger charge is 2.13. The number of hydrogen-bond donors (Lipinski definition) is 1. The second-order valence-corrected chi connectivity index (χ2v) is 9.48. The molecule has 196 valence electrons. The summed E-state index contributed by atoms with van der Waals surface area (Å²) >= 11 is 0. The van der Waals surface area contributed by atoms with Crippen LogP contribution in [0.4, 0.5) is 0 Å². The molecule has 0 aliphatic rings. The van der Waals surface area contributed by atoms with Crippen LogP contribution in [0.5, 0.6) is 0 Å². The van der Waals surface area contributed by atoms with Crippen molar-refractivity contribution in [2.45, 2.75) is 142 Å². The quantitative estimate of drug-likeness (QED) is 0.113. The van der Waals surface area contributed by atoms with Crippen molar-refractivity contribution in [2.24, 2.45) is 0 Å². The third-order valence-corrected chi connectivity index (χ3v) is 6.33. The largest absolute Gasteiger partial charge is 0.464 e. The summed E-state index contributed by atoms with van der Waals surface area (Å²) in [4.78, 5) is 26.0. The van der Waals surface area contributed by atoms with Gasteiger partial charge in [-0.2, -0.15) is 0 Å². The molecule has 0 aromatic carbocycles. The molecule has 5 heteroatoms. The van der Waals surface area contributed by atoms with E-state index in [1.807, 2.05) is 0 Å². The van der Waals surface area contributed by atoms with Crippen LogP contribution in [-0.2, 0) is 14.3 Å². The number of aliphatic hydroxyl groups excluding tert-OH is 1. The van der Waals surface area contributed by atoms with Crippen molar-refractivity contribution in [1.82, 2.24) is 4.90 Å². The van der Waals surface area contributed by atoms with Gasteiger partial charge in [0.1, 0.15) is 6.61 Å². The Morgan fingerprint density at radius 1 is 0.606 bits per heavy atom. The molecule has 33 heavy (non-hydrogen) atoms. The summed E-state index contributed by atoms with van der Waals surface area (Å²) < 4.78 is 5.32. The van der Waals surface area contributed by atoms with E-state index in [-0.39, 0.29) is 25.1 Å². The van der Waals surface area contributed by atoms with Crippen LogP contribution >= 0.6 is 0 Å². The summed E-state index contributed by atoms with van der Waals surface area (Å²) in [5, 5.41) is 9.27. The standard InChI is InChI=1S/C28H55NO4/c1-3-5-7-9-11-13-15-17-19-21-27(31)29(23-25-30)24-26-33-28(32)22-20-18-16-14-12-10-8-6-4-2/h30H,3-26H2,1-2H3. The summed E-state index contributed by atoms with van der Waals surface area (Å²) in [7, 11) is 0. The van der Waals surface area contributed by atoms with Crippen LogP contribution in [0.2, 0.25) is 0 Å². The maximum Gasteiger partial charge on any atom is 0.305 e. The van der Waals surface area contributed by atoms with E-state index in [1.165, 1.54) is 89.9 Å². The maximum absolute atomic E-state index is 12.4. The molecule has 0 aromatic rings. The van der Waals surface area contributed by atoms with Crippen molar-refractivity contribution >= 4 is 11.9 Å². The van der Waals surface area contributed by atoms with Crippen LogP contribution in [0.25, 0.3) is 0 Å². The molecular formula is C28H55NO4. The lowest BCUT2D eigenvalue weighted by molar-refractivity contribution is -0.146. The molecule has 0 aliphatic heterocycles. The van der Waals surface area contributed by atoms with Gasteiger partial charge >= 0.3 is 5.97 Å². The first-order chi connectivity index (χ1) is 16.2. The summed E-state index contributed by atoms with van der Waals surface area (Å²) in [5.41, 5.74) is 0. The van der Waals surface area contributed by atoms with Gasteiger partial charge in [-0.15, -0.1) is 0 Å². The molecule has 5 nitrogen and oxygen atoms in total. The van der Waals surface area contributed by atoms with Crippen LogP contribution < -0.4 is 0 Å². The average Bonchev–Trinajstić information content (AvgIpc) is 2.81. The third kappa shape index (κ3) is 22.5. The second-order valence-electron chi connectivity index (χ2n) is 9.48. The Bertz CT molecular complexity index is 442. The van der Waals surface area contributed by atoms with Gasteiger partial charge in [0.25, 0.3) is 0 Å². The Kier molecular flexibility index (Phi) is 24.7. The third-order valence-electron chi connectivity index (χ3n) is 6.33. The fraction of sp³-hybridized carbons (Fsp3) is 0.929. The van der Waals surface area contributed by atoms with Gasteiger partial charge in [-0.3, -0.25) is 9.59 Å². The van der Waals surface area contributed by atoms with Gasteiger partial charge in [0.05, 0.1) is 13.2 Å². The minimum Gasteiger partial charge on any atom is -0.464 e. The highest BCUT2D eigenvalue weighted by Crippen LogP contribution is 2.12. The highest BCUT2D eigenvalue weighted by atomic mass is 16.5. The average molecular weight is 470 g/mol. The predicted octanol–water partition coefficient (Wildman–Crippen LogP) is 7.19. The van der Waals surface area contributed by atoms with Gasteiger partial charge in [-0.25, -0.2) is 0 Å². The van der Waals surface area contributed by atoms with Gasteiger partial charge in [0.15, 0.2) is 0 Å². The van der Waals surface area contributed by atoms with E-state index in [9.17, 15) is 14.7 Å². The number of nitrogens with zero attached hydrogens (tertiary/aromatic N) is 1. The molecule has 0 heterocycles. The Morgan fingerprint density at radius 2 is 1.03 bits per heavy atom. The molecule has 0 saturated carbocycles. The molecular weight excluding hydrogens is 414 g/mol. The molecule has 0 radical (unpaired) electrons. The topological polar surface area (TPSA) is 66.8 Å². The smallest absolute Gasteiger partial charge is 0.305 e. The first-order valence-corrected chi connectivity index (χ1v) is 14.2. The summed E-state index contributed by atoms with van der Waals surface area (Å²) in [5.74, 6) is -0.115. The molecule has 1 amide bonds. The lowest BCUT2D eigenvalue weighted by atomic mass is 10.1. The predicted molar refractivity (Wildman–Crippen MR) is 138 cm³/mol. The van der Waals surface area contributed by atoms with E-state index in [0.717, 1.165) is 25.7 Å². The van der Waals surface area contributed by atoms with E-state index in [4.69, 9.17) is 4.74 Å². The van der Waals surface area contributed by atoms with Crippen molar-refractivity contribution in [2.75, 3.05) is 26.3 Å². The van der Waals surface area contributed by atoms with Crippen LogP contribution in [0.15, 0.2) is 0 Å². The summed E-state index contributed by atoms with van der Waals surface area (Å²) in [6.45, 7) is 5.32. The Balaban J connectivity index is 3.73. The second kappa shape index (κ2) is 25.5. The van der Waals surface area contributed by atoms with E-state index < -0.39 is 0 Å². The van der Waals surface area contributed by atoms with Crippen molar-refractivity contribution in [3.05, 3.63) is 0 Å². The molecule has 0 bridgehead atoms. The van der Waals surface area contributed by atoms with Gasteiger partial charge in [0, 0.05) is 19.4 Å². The van der Waals surface area contributed by atoms with Gasteiger partial charge in [-0.1, -0.05) is 117 Å². The zero-order valence-electron chi connectivity index (χ0n) is 22.1. The number of amides is 1.